The zero-order valence-electron chi connectivity index (χ0n) is 10.5. The third-order valence-corrected chi connectivity index (χ3v) is 2.30. The number of carbonyl (C=O) groups is 2. The second-order valence-corrected chi connectivity index (χ2v) is 4.14. The first-order chi connectivity index (χ1) is 7.51. The van der Waals surface area contributed by atoms with E-state index < -0.39 is 0 Å². The lowest BCUT2D eigenvalue weighted by atomic mass is 10.1. The summed E-state index contributed by atoms with van der Waals surface area (Å²) < 4.78 is 0. The maximum absolute atomic E-state index is 11.6. The molecule has 0 aliphatic carbocycles. The molecule has 16 heavy (non-hydrogen) atoms. The van der Waals surface area contributed by atoms with E-state index in [-0.39, 0.29) is 24.3 Å². The third-order valence-electron chi connectivity index (χ3n) is 2.30. The van der Waals surface area contributed by atoms with Gasteiger partial charge in [-0.2, -0.15) is 0 Å². The molecule has 0 heterocycles. The summed E-state index contributed by atoms with van der Waals surface area (Å²) >= 11 is 0. The van der Waals surface area contributed by atoms with Crippen molar-refractivity contribution in [2.45, 2.75) is 26.7 Å². The van der Waals surface area contributed by atoms with Gasteiger partial charge in [0.15, 0.2) is 0 Å². The third kappa shape index (κ3) is 6.40. The zero-order valence-corrected chi connectivity index (χ0v) is 10.5. The van der Waals surface area contributed by atoms with Gasteiger partial charge in [-0.3, -0.25) is 9.59 Å². The number of carbonyl (C=O) groups excluding carboxylic acids is 2. The molecule has 1 unspecified atom stereocenters. The van der Waals surface area contributed by atoms with Gasteiger partial charge in [0.25, 0.3) is 0 Å². The van der Waals surface area contributed by atoms with Gasteiger partial charge in [0.2, 0.25) is 11.8 Å². The van der Waals surface area contributed by atoms with Crippen molar-refractivity contribution in [3.8, 4) is 0 Å². The lowest BCUT2D eigenvalue weighted by Gasteiger charge is -2.18. The van der Waals surface area contributed by atoms with Gasteiger partial charge in [-0.1, -0.05) is 13.8 Å². The average molecular weight is 229 g/mol. The van der Waals surface area contributed by atoms with Crippen LogP contribution in [0.25, 0.3) is 0 Å². The van der Waals surface area contributed by atoms with Gasteiger partial charge < -0.3 is 16.0 Å². The number of likely N-dealkylation sites (N-methyl/N-ethyl adjacent to an activating group) is 1. The largest absolute Gasteiger partial charge is 0.355 e. The Morgan fingerprint density at radius 2 is 2.06 bits per heavy atom. The lowest BCUT2D eigenvalue weighted by molar-refractivity contribution is -0.135. The molecule has 0 aromatic carbocycles. The van der Waals surface area contributed by atoms with E-state index in [1.54, 1.807) is 7.05 Å². The van der Waals surface area contributed by atoms with Gasteiger partial charge in [-0.05, 0) is 18.9 Å². The van der Waals surface area contributed by atoms with Crippen LogP contribution in [0.2, 0.25) is 0 Å². The van der Waals surface area contributed by atoms with E-state index in [1.165, 1.54) is 4.90 Å². The van der Waals surface area contributed by atoms with Crippen LogP contribution in [0.5, 0.6) is 0 Å². The lowest BCUT2D eigenvalue weighted by Crippen LogP contribution is -2.39. The van der Waals surface area contributed by atoms with Crippen LogP contribution in [0.1, 0.15) is 26.7 Å². The number of hydrogen-bond acceptors (Lipinski definition) is 3. The van der Waals surface area contributed by atoms with Crippen molar-refractivity contribution in [3.05, 3.63) is 0 Å². The van der Waals surface area contributed by atoms with E-state index >= 15 is 0 Å². The number of amides is 2. The van der Waals surface area contributed by atoms with Crippen LogP contribution in [-0.2, 0) is 9.59 Å². The molecule has 2 amide bonds. The number of nitrogens with two attached hydrogens (primary N) is 1. The highest BCUT2D eigenvalue weighted by molar-refractivity contribution is 5.84. The quantitative estimate of drug-likeness (QED) is 0.643. The Morgan fingerprint density at radius 3 is 2.56 bits per heavy atom. The van der Waals surface area contributed by atoms with E-state index in [2.05, 4.69) is 5.32 Å². The summed E-state index contributed by atoms with van der Waals surface area (Å²) in [5.41, 5.74) is 5.44. The van der Waals surface area contributed by atoms with Crippen LogP contribution >= 0.6 is 0 Å². The van der Waals surface area contributed by atoms with Crippen molar-refractivity contribution in [2.24, 2.45) is 11.7 Å². The average Bonchev–Trinajstić information content (AvgIpc) is 2.25. The first-order valence-electron chi connectivity index (χ1n) is 5.72. The van der Waals surface area contributed by atoms with Crippen LogP contribution in [0.15, 0.2) is 0 Å². The van der Waals surface area contributed by atoms with E-state index in [0.29, 0.717) is 19.5 Å². The molecule has 5 nitrogen and oxygen atoms in total. The molecule has 0 aromatic rings. The van der Waals surface area contributed by atoms with E-state index in [4.69, 9.17) is 5.73 Å². The molecule has 5 heteroatoms. The standard InChI is InChI=1S/C11H23N3O2/c1-4-5-13-10(15)8-14(3)11(16)6-9(2)7-12/h9H,4-8,12H2,1-3H3,(H,13,15). The Balaban J connectivity index is 3.90. The smallest absolute Gasteiger partial charge is 0.239 e. The number of rotatable bonds is 7. The summed E-state index contributed by atoms with van der Waals surface area (Å²) in [5, 5.41) is 2.73. The highest BCUT2D eigenvalue weighted by Crippen LogP contribution is 2.02. The minimum atomic E-state index is -0.113. The predicted octanol–water partition coefficient (Wildman–Crippen LogP) is -0.0441. The van der Waals surface area contributed by atoms with Crippen LogP contribution in [0.3, 0.4) is 0 Å². The molecule has 0 aliphatic rings. The summed E-state index contributed by atoms with van der Waals surface area (Å²) in [7, 11) is 1.64. The van der Waals surface area contributed by atoms with Crippen molar-refractivity contribution in [1.29, 1.82) is 0 Å². The summed E-state index contributed by atoms with van der Waals surface area (Å²) in [6.07, 6.45) is 1.29. The van der Waals surface area contributed by atoms with Crippen molar-refractivity contribution in [2.75, 3.05) is 26.7 Å². The SMILES string of the molecule is CCCNC(=O)CN(C)C(=O)CC(C)CN. The molecule has 0 fully saturated rings. The Kier molecular flexibility index (Phi) is 7.54. The molecule has 0 spiro atoms. The number of nitrogens with zero attached hydrogens (tertiary/aromatic N) is 1. The molecular formula is C11H23N3O2. The fraction of sp³-hybridized carbons (Fsp3) is 0.818. The van der Waals surface area contributed by atoms with E-state index in [0.717, 1.165) is 6.42 Å². The maximum Gasteiger partial charge on any atom is 0.239 e. The van der Waals surface area contributed by atoms with Crippen molar-refractivity contribution in [3.63, 3.8) is 0 Å². The van der Waals surface area contributed by atoms with Crippen molar-refractivity contribution < 1.29 is 9.59 Å². The molecule has 0 aliphatic heterocycles. The van der Waals surface area contributed by atoms with Gasteiger partial charge in [0.1, 0.15) is 0 Å². The Bertz CT molecular complexity index is 231. The molecule has 0 bridgehead atoms. The zero-order chi connectivity index (χ0) is 12.6. The van der Waals surface area contributed by atoms with Crippen molar-refractivity contribution in [1.82, 2.24) is 10.2 Å². The Labute approximate surface area is 97.4 Å². The first kappa shape index (κ1) is 14.9. The minimum Gasteiger partial charge on any atom is -0.355 e. The molecule has 1 atom stereocenters. The molecule has 0 saturated carbocycles. The predicted molar refractivity (Wildman–Crippen MR) is 63.8 cm³/mol. The van der Waals surface area contributed by atoms with Gasteiger partial charge in [0.05, 0.1) is 6.54 Å². The van der Waals surface area contributed by atoms with Gasteiger partial charge in [-0.25, -0.2) is 0 Å². The topological polar surface area (TPSA) is 75.4 Å². The molecule has 0 rings (SSSR count). The summed E-state index contributed by atoms with van der Waals surface area (Å²) in [5.74, 6) is 0.0105. The van der Waals surface area contributed by atoms with Gasteiger partial charge in [-0.15, -0.1) is 0 Å². The molecule has 0 radical (unpaired) electrons. The molecular weight excluding hydrogens is 206 g/mol. The maximum atomic E-state index is 11.6. The molecule has 0 saturated heterocycles. The van der Waals surface area contributed by atoms with E-state index in [1.807, 2.05) is 13.8 Å². The minimum absolute atomic E-state index is 0.0374. The molecule has 94 valence electrons. The highest BCUT2D eigenvalue weighted by Gasteiger charge is 2.14. The highest BCUT2D eigenvalue weighted by atomic mass is 16.2. The van der Waals surface area contributed by atoms with Crippen LogP contribution < -0.4 is 11.1 Å². The number of hydrogen-bond donors (Lipinski definition) is 2. The summed E-state index contributed by atoms with van der Waals surface area (Å²) in [4.78, 5) is 24.4. The van der Waals surface area contributed by atoms with Crippen molar-refractivity contribution >= 4 is 11.8 Å². The van der Waals surface area contributed by atoms with Crippen LogP contribution in [0.4, 0.5) is 0 Å². The first-order valence-corrected chi connectivity index (χ1v) is 5.72. The molecule has 0 aromatic heterocycles. The number of nitrogens with one attached hydrogen (secondary N) is 1. The summed E-state index contributed by atoms with van der Waals surface area (Å²) in [6.45, 7) is 5.17. The van der Waals surface area contributed by atoms with Gasteiger partial charge in [0, 0.05) is 20.0 Å². The second-order valence-electron chi connectivity index (χ2n) is 4.14. The fourth-order valence-corrected chi connectivity index (χ4v) is 1.16. The monoisotopic (exact) mass is 229 g/mol. The van der Waals surface area contributed by atoms with Crippen LogP contribution in [0, 0.1) is 5.92 Å². The summed E-state index contributed by atoms with van der Waals surface area (Å²) in [6, 6.07) is 0. The second kappa shape index (κ2) is 8.10. The molecule has 3 N–H and O–H groups in total. The fourth-order valence-electron chi connectivity index (χ4n) is 1.16. The van der Waals surface area contributed by atoms with Crippen LogP contribution in [-0.4, -0.2) is 43.4 Å². The normalized spacial score (nSPS) is 12.0. The Hall–Kier alpha value is -1.10. The Morgan fingerprint density at radius 1 is 1.44 bits per heavy atom. The van der Waals surface area contributed by atoms with E-state index in [9.17, 15) is 9.59 Å². The van der Waals surface area contributed by atoms with Gasteiger partial charge >= 0.3 is 0 Å².